The molecule has 0 bridgehead atoms. The SMILES string of the molecule is COCCN1CCCN(C(=O)NC[C@@H](c2ccco2)N(C)C)CC1. The van der Waals surface area contributed by atoms with E-state index in [1.54, 1.807) is 13.4 Å². The fourth-order valence-electron chi connectivity index (χ4n) is 2.93. The molecule has 1 aliphatic heterocycles. The zero-order valence-electron chi connectivity index (χ0n) is 15.0. The topological polar surface area (TPSA) is 61.2 Å². The van der Waals surface area contributed by atoms with Crippen molar-refractivity contribution in [2.24, 2.45) is 0 Å². The number of nitrogens with one attached hydrogen (secondary N) is 1. The molecule has 1 atom stereocenters. The van der Waals surface area contributed by atoms with E-state index in [0.717, 1.165) is 51.5 Å². The molecule has 1 saturated heterocycles. The van der Waals surface area contributed by atoms with Crippen LogP contribution in [0.4, 0.5) is 4.79 Å². The largest absolute Gasteiger partial charge is 0.468 e. The molecule has 1 fully saturated rings. The molecule has 7 heteroatoms. The van der Waals surface area contributed by atoms with Gasteiger partial charge < -0.3 is 19.4 Å². The molecule has 1 aromatic rings. The number of likely N-dealkylation sites (N-methyl/N-ethyl adjacent to an activating group) is 1. The van der Waals surface area contributed by atoms with Gasteiger partial charge in [0, 0.05) is 39.8 Å². The Hall–Kier alpha value is -1.57. The van der Waals surface area contributed by atoms with Crippen molar-refractivity contribution in [2.45, 2.75) is 12.5 Å². The number of amides is 2. The van der Waals surface area contributed by atoms with E-state index in [-0.39, 0.29) is 12.1 Å². The number of methoxy groups -OCH3 is 1. The molecule has 7 nitrogen and oxygen atoms in total. The number of furan rings is 1. The molecule has 2 amide bonds. The predicted molar refractivity (Wildman–Crippen MR) is 93.0 cm³/mol. The molecular weight excluding hydrogens is 308 g/mol. The fraction of sp³-hybridized carbons (Fsp3) is 0.706. The average molecular weight is 338 g/mol. The molecule has 0 aliphatic carbocycles. The van der Waals surface area contributed by atoms with Gasteiger partial charge in [0.2, 0.25) is 0 Å². The normalized spacial score (nSPS) is 17.8. The number of rotatable bonds is 7. The Morgan fingerprint density at radius 3 is 2.88 bits per heavy atom. The Kier molecular flexibility index (Phi) is 7.55. The summed E-state index contributed by atoms with van der Waals surface area (Å²) in [4.78, 5) is 18.8. The lowest BCUT2D eigenvalue weighted by Gasteiger charge is -2.26. The summed E-state index contributed by atoms with van der Waals surface area (Å²) < 4.78 is 10.6. The van der Waals surface area contributed by atoms with Crippen LogP contribution in [0.15, 0.2) is 22.8 Å². The third-order valence-electron chi connectivity index (χ3n) is 4.43. The van der Waals surface area contributed by atoms with Crippen molar-refractivity contribution in [1.82, 2.24) is 20.0 Å². The summed E-state index contributed by atoms with van der Waals surface area (Å²) in [5.41, 5.74) is 0. The maximum atomic E-state index is 12.5. The zero-order chi connectivity index (χ0) is 17.4. The van der Waals surface area contributed by atoms with Gasteiger partial charge in [-0.1, -0.05) is 0 Å². The summed E-state index contributed by atoms with van der Waals surface area (Å²) in [6.07, 6.45) is 2.66. The molecule has 1 aromatic heterocycles. The molecule has 0 unspecified atom stereocenters. The van der Waals surface area contributed by atoms with Crippen LogP contribution in [0.5, 0.6) is 0 Å². The molecule has 1 N–H and O–H groups in total. The number of ether oxygens (including phenoxy) is 1. The lowest BCUT2D eigenvalue weighted by Crippen LogP contribution is -2.44. The first-order valence-corrected chi connectivity index (χ1v) is 8.55. The van der Waals surface area contributed by atoms with Gasteiger partial charge >= 0.3 is 6.03 Å². The minimum atomic E-state index is 0.00185. The van der Waals surface area contributed by atoms with Crippen LogP contribution in [0.3, 0.4) is 0 Å². The highest BCUT2D eigenvalue weighted by atomic mass is 16.5. The Bertz CT molecular complexity index is 478. The van der Waals surface area contributed by atoms with Gasteiger partial charge in [0.1, 0.15) is 5.76 Å². The first-order valence-electron chi connectivity index (χ1n) is 8.55. The van der Waals surface area contributed by atoms with E-state index >= 15 is 0 Å². The van der Waals surface area contributed by atoms with E-state index in [2.05, 4.69) is 10.2 Å². The molecule has 0 spiro atoms. The molecule has 136 valence electrons. The quantitative estimate of drug-likeness (QED) is 0.811. The summed E-state index contributed by atoms with van der Waals surface area (Å²) in [6.45, 7) is 5.65. The van der Waals surface area contributed by atoms with Crippen LogP contribution in [-0.4, -0.2) is 87.8 Å². The minimum absolute atomic E-state index is 0.00185. The monoisotopic (exact) mass is 338 g/mol. The molecular formula is C17H30N4O3. The highest BCUT2D eigenvalue weighted by Gasteiger charge is 2.22. The Labute approximate surface area is 144 Å². The Morgan fingerprint density at radius 1 is 1.38 bits per heavy atom. The van der Waals surface area contributed by atoms with Gasteiger partial charge in [-0.3, -0.25) is 9.80 Å². The van der Waals surface area contributed by atoms with E-state index < -0.39 is 0 Å². The van der Waals surface area contributed by atoms with Crippen molar-refractivity contribution in [2.75, 3.05) is 67.1 Å². The Balaban J connectivity index is 1.81. The predicted octanol–water partition coefficient (Wildman–Crippen LogP) is 1.25. The zero-order valence-corrected chi connectivity index (χ0v) is 15.0. The highest BCUT2D eigenvalue weighted by molar-refractivity contribution is 5.74. The first-order chi connectivity index (χ1) is 11.6. The van der Waals surface area contributed by atoms with E-state index in [1.807, 2.05) is 36.0 Å². The number of carbonyl (C=O) groups excluding carboxylic acids is 1. The maximum Gasteiger partial charge on any atom is 0.317 e. The van der Waals surface area contributed by atoms with Gasteiger partial charge in [0.25, 0.3) is 0 Å². The lowest BCUT2D eigenvalue weighted by atomic mass is 10.2. The second-order valence-electron chi connectivity index (χ2n) is 6.36. The highest BCUT2D eigenvalue weighted by Crippen LogP contribution is 2.17. The number of urea groups is 1. The summed E-state index contributed by atoms with van der Waals surface area (Å²) in [5, 5.41) is 3.05. The van der Waals surface area contributed by atoms with Crippen LogP contribution < -0.4 is 5.32 Å². The van der Waals surface area contributed by atoms with Gasteiger partial charge in [-0.15, -0.1) is 0 Å². The van der Waals surface area contributed by atoms with Gasteiger partial charge in [-0.05, 0) is 39.2 Å². The van der Waals surface area contributed by atoms with Gasteiger partial charge in [0.05, 0.1) is 18.9 Å². The van der Waals surface area contributed by atoms with Crippen molar-refractivity contribution in [1.29, 1.82) is 0 Å². The van der Waals surface area contributed by atoms with Crippen molar-refractivity contribution in [3.8, 4) is 0 Å². The van der Waals surface area contributed by atoms with Crippen LogP contribution >= 0.6 is 0 Å². The molecule has 24 heavy (non-hydrogen) atoms. The molecule has 0 aromatic carbocycles. The molecule has 2 heterocycles. The fourth-order valence-corrected chi connectivity index (χ4v) is 2.93. The number of carbonyl (C=O) groups is 1. The van der Waals surface area contributed by atoms with Gasteiger partial charge in [0.15, 0.2) is 0 Å². The standard InChI is InChI=1S/C17H30N4O3/c1-19(2)15(16-6-4-12-24-16)14-18-17(22)21-8-5-7-20(9-10-21)11-13-23-3/h4,6,12,15H,5,7-11,13-14H2,1-3H3,(H,18,22)/t15-/m0/s1. The van der Waals surface area contributed by atoms with Crippen molar-refractivity contribution >= 4 is 6.03 Å². The molecule has 0 radical (unpaired) electrons. The lowest BCUT2D eigenvalue weighted by molar-refractivity contribution is 0.149. The second-order valence-corrected chi connectivity index (χ2v) is 6.36. The first kappa shape index (κ1) is 18.8. The second kappa shape index (κ2) is 9.66. The van der Waals surface area contributed by atoms with Crippen LogP contribution in [0.2, 0.25) is 0 Å². The maximum absolute atomic E-state index is 12.5. The van der Waals surface area contributed by atoms with Crippen LogP contribution in [-0.2, 0) is 4.74 Å². The smallest absolute Gasteiger partial charge is 0.317 e. The van der Waals surface area contributed by atoms with E-state index in [9.17, 15) is 4.79 Å². The van der Waals surface area contributed by atoms with Gasteiger partial charge in [-0.25, -0.2) is 4.79 Å². The van der Waals surface area contributed by atoms with Crippen molar-refractivity contribution in [3.05, 3.63) is 24.2 Å². The third kappa shape index (κ3) is 5.51. The Morgan fingerprint density at radius 2 is 2.21 bits per heavy atom. The van der Waals surface area contributed by atoms with Gasteiger partial charge in [-0.2, -0.15) is 0 Å². The van der Waals surface area contributed by atoms with E-state index in [0.29, 0.717) is 6.54 Å². The average Bonchev–Trinajstić information content (AvgIpc) is 2.97. The van der Waals surface area contributed by atoms with E-state index in [1.165, 1.54) is 0 Å². The summed E-state index contributed by atoms with van der Waals surface area (Å²) in [7, 11) is 5.69. The third-order valence-corrected chi connectivity index (χ3v) is 4.43. The summed E-state index contributed by atoms with van der Waals surface area (Å²) >= 11 is 0. The molecule has 2 rings (SSSR count). The number of nitrogens with zero attached hydrogens (tertiary/aromatic N) is 3. The summed E-state index contributed by atoms with van der Waals surface area (Å²) in [5.74, 6) is 0.863. The van der Waals surface area contributed by atoms with Crippen LogP contribution in [0.25, 0.3) is 0 Å². The van der Waals surface area contributed by atoms with E-state index in [4.69, 9.17) is 9.15 Å². The number of hydrogen-bond acceptors (Lipinski definition) is 5. The van der Waals surface area contributed by atoms with Crippen molar-refractivity contribution < 1.29 is 13.9 Å². The summed E-state index contributed by atoms with van der Waals surface area (Å²) in [6, 6.07) is 3.85. The minimum Gasteiger partial charge on any atom is -0.468 e. The van der Waals surface area contributed by atoms with Crippen molar-refractivity contribution in [3.63, 3.8) is 0 Å². The molecule has 1 aliphatic rings. The van der Waals surface area contributed by atoms with Crippen LogP contribution in [0.1, 0.15) is 18.2 Å². The number of hydrogen-bond donors (Lipinski definition) is 1. The van der Waals surface area contributed by atoms with Crippen LogP contribution in [0, 0.1) is 0 Å². The molecule has 0 saturated carbocycles.